The molecule has 0 amide bonds. The molecule has 2 heterocycles. The average molecular weight is 533 g/mol. The first-order chi connectivity index (χ1) is 18.2. The second-order valence-corrected chi connectivity index (χ2v) is 11.7. The van der Waals surface area contributed by atoms with Gasteiger partial charge in [0.15, 0.2) is 5.65 Å². The molecule has 196 valence electrons. The van der Waals surface area contributed by atoms with Crippen molar-refractivity contribution >= 4 is 38.5 Å². The van der Waals surface area contributed by atoms with E-state index in [4.69, 9.17) is 4.74 Å². The van der Waals surface area contributed by atoms with E-state index in [9.17, 15) is 18.0 Å². The lowest BCUT2D eigenvalue weighted by atomic mass is 10.1. The van der Waals surface area contributed by atoms with Crippen LogP contribution in [0.4, 0.5) is 11.6 Å². The normalized spacial score (nSPS) is 12.9. The molecular weight excluding hydrogens is 504 g/mol. The fourth-order valence-electron chi connectivity index (χ4n) is 4.62. The van der Waals surface area contributed by atoms with E-state index in [2.05, 4.69) is 27.4 Å². The number of hydrogen-bond acceptors (Lipinski definition) is 8. The smallest absolute Gasteiger partial charge is 0.343 e. The number of hydrogen-bond donors (Lipinski definition) is 1. The molecule has 0 bridgehead atoms. The number of rotatable bonds is 8. The Hall–Kier alpha value is -4.05. The number of aryl methyl sites for hydroxylation is 3. The molecule has 2 aromatic heterocycles. The zero-order chi connectivity index (χ0) is 26.9. The van der Waals surface area contributed by atoms with Crippen molar-refractivity contribution in [1.29, 1.82) is 0 Å². The Balaban J connectivity index is 1.54. The van der Waals surface area contributed by atoms with Gasteiger partial charge in [-0.05, 0) is 73.6 Å². The van der Waals surface area contributed by atoms with Crippen LogP contribution in [0.5, 0.6) is 0 Å². The largest absolute Gasteiger partial charge is 0.462 e. The minimum atomic E-state index is -3.04. The number of fused-ring (bicyclic) bond motifs is 2. The van der Waals surface area contributed by atoms with Gasteiger partial charge in [-0.15, -0.1) is 0 Å². The number of esters is 1. The van der Waals surface area contributed by atoms with Gasteiger partial charge in [0.2, 0.25) is 11.4 Å². The molecule has 0 unspecified atom stereocenters. The highest BCUT2D eigenvalue weighted by Gasteiger charge is 2.20. The van der Waals surface area contributed by atoms with Crippen molar-refractivity contribution in [2.75, 3.05) is 23.9 Å². The molecule has 1 aliphatic rings. The Bertz CT molecular complexity index is 1700. The summed E-state index contributed by atoms with van der Waals surface area (Å²) in [6.45, 7) is 1.85. The van der Waals surface area contributed by atoms with Gasteiger partial charge >= 0.3 is 5.97 Å². The van der Waals surface area contributed by atoms with Gasteiger partial charge in [0.05, 0.1) is 17.7 Å². The molecule has 38 heavy (non-hydrogen) atoms. The van der Waals surface area contributed by atoms with Crippen LogP contribution in [-0.4, -0.2) is 47.5 Å². The fourth-order valence-corrected chi connectivity index (χ4v) is 5.22. The predicted molar refractivity (Wildman–Crippen MR) is 146 cm³/mol. The molecule has 2 aromatic carbocycles. The van der Waals surface area contributed by atoms with Crippen molar-refractivity contribution in [2.45, 2.75) is 32.6 Å². The summed E-state index contributed by atoms with van der Waals surface area (Å²) in [5.74, 6) is -0.325. The van der Waals surface area contributed by atoms with Crippen molar-refractivity contribution in [3.8, 4) is 5.69 Å². The van der Waals surface area contributed by atoms with Gasteiger partial charge in [0, 0.05) is 30.0 Å². The standard InChI is InChI=1S/C28H28N4O5S/c1-3-37-27(34)24-17-32(22-12-9-19-5-4-6-20(19)15-22)26-23(25(24)33)16-29-28(31-26)30-21-10-7-18(8-11-21)13-14-38(2,35)36/h7-12,15-17H,3-6,13-14H2,1-2H3,(H,29,30,31). The minimum absolute atomic E-state index is 0.0751. The van der Waals surface area contributed by atoms with E-state index in [1.165, 1.54) is 29.8 Å². The predicted octanol–water partition coefficient (Wildman–Crippen LogP) is 3.78. The average Bonchev–Trinajstić information content (AvgIpc) is 3.36. The Morgan fingerprint density at radius 2 is 1.87 bits per heavy atom. The van der Waals surface area contributed by atoms with Crippen LogP contribution >= 0.6 is 0 Å². The molecule has 9 nitrogen and oxygen atoms in total. The fraction of sp³-hybridized carbons (Fsp3) is 0.286. The van der Waals surface area contributed by atoms with E-state index < -0.39 is 21.2 Å². The summed E-state index contributed by atoms with van der Waals surface area (Å²) in [6, 6.07) is 13.5. The lowest BCUT2D eigenvalue weighted by molar-refractivity contribution is 0.0524. The molecule has 0 atom stereocenters. The molecule has 0 aliphatic heterocycles. The van der Waals surface area contributed by atoms with E-state index in [1.54, 1.807) is 11.5 Å². The summed E-state index contributed by atoms with van der Waals surface area (Å²) < 4.78 is 29.8. The monoisotopic (exact) mass is 532 g/mol. The van der Waals surface area contributed by atoms with Crippen LogP contribution in [0, 0.1) is 0 Å². The maximum Gasteiger partial charge on any atom is 0.343 e. The molecule has 0 spiro atoms. The van der Waals surface area contributed by atoms with Gasteiger partial charge in [-0.2, -0.15) is 4.98 Å². The summed E-state index contributed by atoms with van der Waals surface area (Å²) in [4.78, 5) is 34.8. The van der Waals surface area contributed by atoms with E-state index >= 15 is 0 Å². The van der Waals surface area contributed by atoms with E-state index in [0.29, 0.717) is 17.8 Å². The third-order valence-corrected chi connectivity index (χ3v) is 7.52. The molecule has 0 saturated heterocycles. The number of carbonyl (C=O) groups excluding carboxylic acids is 1. The SMILES string of the molecule is CCOC(=O)c1cn(-c2ccc3c(c2)CCC3)c2nc(Nc3ccc(CCS(C)(=O)=O)cc3)ncc2c1=O. The van der Waals surface area contributed by atoms with Gasteiger partial charge in [-0.3, -0.25) is 4.79 Å². The van der Waals surface area contributed by atoms with Crippen molar-refractivity contribution in [3.05, 3.63) is 87.3 Å². The minimum Gasteiger partial charge on any atom is -0.462 e. The molecule has 1 aliphatic carbocycles. The lowest BCUT2D eigenvalue weighted by Crippen LogP contribution is -2.21. The van der Waals surface area contributed by atoms with Crippen LogP contribution in [-0.2, 0) is 33.8 Å². The summed E-state index contributed by atoms with van der Waals surface area (Å²) in [6.07, 6.45) is 7.68. The topological polar surface area (TPSA) is 120 Å². The van der Waals surface area contributed by atoms with Crippen molar-refractivity contribution < 1.29 is 17.9 Å². The third kappa shape index (κ3) is 5.45. The molecule has 5 rings (SSSR count). The number of carbonyl (C=O) groups is 1. The van der Waals surface area contributed by atoms with Crippen molar-refractivity contribution in [1.82, 2.24) is 14.5 Å². The number of nitrogens with one attached hydrogen (secondary N) is 1. The summed E-state index contributed by atoms with van der Waals surface area (Å²) in [5.41, 5.74) is 4.76. The summed E-state index contributed by atoms with van der Waals surface area (Å²) in [5, 5.41) is 3.35. The van der Waals surface area contributed by atoms with Crippen molar-refractivity contribution in [2.24, 2.45) is 0 Å². The van der Waals surface area contributed by atoms with Crippen LogP contribution in [0.1, 0.15) is 40.4 Å². The molecule has 1 N–H and O–H groups in total. The zero-order valence-corrected chi connectivity index (χ0v) is 22.0. The lowest BCUT2D eigenvalue weighted by Gasteiger charge is -2.15. The Kier molecular flexibility index (Phi) is 6.98. The van der Waals surface area contributed by atoms with Gasteiger partial charge in [0.1, 0.15) is 15.4 Å². The number of aromatic nitrogens is 3. The molecule has 0 saturated carbocycles. The van der Waals surface area contributed by atoms with Crippen LogP contribution in [0.25, 0.3) is 16.7 Å². The number of ether oxygens (including phenoxy) is 1. The number of sulfone groups is 1. The molecular formula is C28H28N4O5S. The highest BCUT2D eigenvalue weighted by atomic mass is 32.2. The second kappa shape index (κ2) is 10.4. The Morgan fingerprint density at radius 3 is 2.61 bits per heavy atom. The van der Waals surface area contributed by atoms with Crippen LogP contribution < -0.4 is 10.7 Å². The van der Waals surface area contributed by atoms with Gasteiger partial charge in [0.25, 0.3) is 0 Å². The van der Waals surface area contributed by atoms with Crippen LogP contribution in [0.15, 0.2) is 59.7 Å². The quantitative estimate of drug-likeness (QED) is 0.341. The van der Waals surface area contributed by atoms with E-state index in [0.717, 1.165) is 30.5 Å². The van der Waals surface area contributed by atoms with E-state index in [-0.39, 0.29) is 29.3 Å². The molecule has 0 radical (unpaired) electrons. The zero-order valence-electron chi connectivity index (χ0n) is 21.2. The third-order valence-electron chi connectivity index (χ3n) is 6.57. The number of anilines is 2. The molecule has 4 aromatic rings. The van der Waals surface area contributed by atoms with Crippen LogP contribution in [0.2, 0.25) is 0 Å². The second-order valence-electron chi connectivity index (χ2n) is 9.40. The van der Waals surface area contributed by atoms with Crippen molar-refractivity contribution in [3.63, 3.8) is 0 Å². The highest BCUT2D eigenvalue weighted by Crippen LogP contribution is 2.26. The number of benzene rings is 2. The molecule has 0 fully saturated rings. The van der Waals surface area contributed by atoms with E-state index in [1.807, 2.05) is 30.3 Å². The maximum absolute atomic E-state index is 13.2. The first kappa shape index (κ1) is 25.6. The number of nitrogens with zero attached hydrogens (tertiary/aromatic N) is 3. The Labute approximate surface area is 220 Å². The number of pyridine rings is 1. The first-order valence-electron chi connectivity index (χ1n) is 12.5. The van der Waals surface area contributed by atoms with Gasteiger partial charge < -0.3 is 14.6 Å². The summed E-state index contributed by atoms with van der Waals surface area (Å²) in [7, 11) is -3.04. The summed E-state index contributed by atoms with van der Waals surface area (Å²) >= 11 is 0. The van der Waals surface area contributed by atoms with Gasteiger partial charge in [-0.1, -0.05) is 18.2 Å². The first-order valence-corrected chi connectivity index (χ1v) is 14.5. The highest BCUT2D eigenvalue weighted by molar-refractivity contribution is 7.90. The Morgan fingerprint density at radius 1 is 1.11 bits per heavy atom. The maximum atomic E-state index is 13.2. The molecule has 10 heteroatoms. The van der Waals surface area contributed by atoms with Crippen LogP contribution in [0.3, 0.4) is 0 Å². The van der Waals surface area contributed by atoms with Gasteiger partial charge in [-0.25, -0.2) is 18.2 Å².